The SMILES string of the molecule is CCO.Cc1[nH][nH]c(=O)c1C(c1ccc(OCc2ccccc2)c(Br)c1)c1c(C)[nH][nH]c1=O. The van der Waals surface area contributed by atoms with Gasteiger partial charge in [-0.25, -0.2) is 0 Å². The van der Waals surface area contributed by atoms with Crippen LogP contribution in [0.15, 0.2) is 62.6 Å². The minimum absolute atomic E-state index is 0.250. The number of aryl methyl sites for hydroxylation is 2. The number of aliphatic hydroxyl groups excluding tert-OH is 1. The zero-order chi connectivity index (χ0) is 24.0. The van der Waals surface area contributed by atoms with Crippen LogP contribution in [0.5, 0.6) is 5.75 Å². The van der Waals surface area contributed by atoms with E-state index in [1.165, 1.54) is 0 Å². The summed E-state index contributed by atoms with van der Waals surface area (Å²) in [5.41, 5.74) is 3.75. The van der Waals surface area contributed by atoms with Gasteiger partial charge in [-0.2, -0.15) is 0 Å². The molecule has 174 valence electrons. The lowest BCUT2D eigenvalue weighted by atomic mass is 9.85. The van der Waals surface area contributed by atoms with Gasteiger partial charge in [-0.05, 0) is 60.0 Å². The normalized spacial score (nSPS) is 10.7. The molecule has 0 saturated heterocycles. The number of H-pyrrole nitrogens is 4. The average molecular weight is 515 g/mol. The fourth-order valence-corrected chi connectivity index (χ4v) is 4.14. The van der Waals surface area contributed by atoms with E-state index in [4.69, 9.17) is 9.84 Å². The van der Waals surface area contributed by atoms with Crippen LogP contribution in [0.25, 0.3) is 0 Å². The van der Waals surface area contributed by atoms with Crippen molar-refractivity contribution in [3.05, 3.63) is 107 Å². The summed E-state index contributed by atoms with van der Waals surface area (Å²) in [6.07, 6.45) is 0. The second kappa shape index (κ2) is 11.0. The molecule has 0 aliphatic rings. The van der Waals surface area contributed by atoms with Crippen molar-refractivity contribution in [3.63, 3.8) is 0 Å². The van der Waals surface area contributed by atoms with Gasteiger partial charge in [0.2, 0.25) is 0 Å². The van der Waals surface area contributed by atoms with Crippen LogP contribution in [-0.4, -0.2) is 32.1 Å². The lowest BCUT2D eigenvalue weighted by Gasteiger charge is -2.17. The van der Waals surface area contributed by atoms with Gasteiger partial charge in [0.15, 0.2) is 0 Å². The lowest BCUT2D eigenvalue weighted by Crippen LogP contribution is -2.20. The van der Waals surface area contributed by atoms with Gasteiger partial charge in [0.1, 0.15) is 12.4 Å². The first kappa shape index (κ1) is 24.3. The zero-order valence-electron chi connectivity index (χ0n) is 18.7. The van der Waals surface area contributed by atoms with Crippen LogP contribution in [0.1, 0.15) is 46.5 Å². The molecule has 0 fully saturated rings. The van der Waals surface area contributed by atoms with Crippen molar-refractivity contribution in [2.45, 2.75) is 33.3 Å². The quantitative estimate of drug-likeness (QED) is 0.267. The molecule has 0 amide bonds. The smallest absolute Gasteiger partial charge is 0.268 e. The van der Waals surface area contributed by atoms with Crippen molar-refractivity contribution in [1.82, 2.24) is 20.4 Å². The van der Waals surface area contributed by atoms with E-state index in [9.17, 15) is 9.59 Å². The van der Waals surface area contributed by atoms with E-state index in [1.807, 2.05) is 62.4 Å². The van der Waals surface area contributed by atoms with E-state index in [-0.39, 0.29) is 17.7 Å². The maximum absolute atomic E-state index is 12.5. The van der Waals surface area contributed by atoms with Crippen LogP contribution in [0.2, 0.25) is 0 Å². The first-order valence-electron chi connectivity index (χ1n) is 10.5. The summed E-state index contributed by atoms with van der Waals surface area (Å²) >= 11 is 3.58. The Kier molecular flexibility index (Phi) is 8.13. The third-order valence-electron chi connectivity index (χ3n) is 5.13. The Morgan fingerprint density at radius 1 is 0.909 bits per heavy atom. The van der Waals surface area contributed by atoms with E-state index in [2.05, 4.69) is 36.3 Å². The third-order valence-corrected chi connectivity index (χ3v) is 5.75. The molecule has 0 atom stereocenters. The zero-order valence-corrected chi connectivity index (χ0v) is 20.2. The molecule has 33 heavy (non-hydrogen) atoms. The predicted molar refractivity (Wildman–Crippen MR) is 131 cm³/mol. The fourth-order valence-electron chi connectivity index (χ4n) is 3.63. The van der Waals surface area contributed by atoms with Crippen molar-refractivity contribution >= 4 is 15.9 Å². The van der Waals surface area contributed by atoms with Gasteiger partial charge in [-0.3, -0.25) is 19.8 Å². The first-order valence-corrected chi connectivity index (χ1v) is 11.3. The minimum Gasteiger partial charge on any atom is -0.488 e. The number of hydrogen-bond donors (Lipinski definition) is 5. The Labute approximate surface area is 199 Å². The van der Waals surface area contributed by atoms with Gasteiger partial charge in [0.25, 0.3) is 11.1 Å². The molecule has 0 unspecified atom stereocenters. The largest absolute Gasteiger partial charge is 0.488 e. The maximum Gasteiger partial charge on any atom is 0.268 e. The van der Waals surface area contributed by atoms with Gasteiger partial charge < -0.3 is 20.0 Å². The number of halogens is 1. The maximum atomic E-state index is 12.5. The summed E-state index contributed by atoms with van der Waals surface area (Å²) in [5.74, 6) is 0.148. The minimum atomic E-state index is -0.533. The van der Waals surface area contributed by atoms with E-state index >= 15 is 0 Å². The van der Waals surface area contributed by atoms with E-state index in [0.29, 0.717) is 34.9 Å². The molecule has 4 rings (SSSR count). The molecule has 8 nitrogen and oxygen atoms in total. The molecule has 0 spiro atoms. The molecular weight excluding hydrogens is 488 g/mol. The number of aliphatic hydroxyl groups is 1. The first-order chi connectivity index (χ1) is 15.9. The van der Waals surface area contributed by atoms with Crippen molar-refractivity contribution < 1.29 is 9.84 Å². The van der Waals surface area contributed by atoms with Crippen LogP contribution in [-0.2, 0) is 6.61 Å². The molecule has 0 aliphatic carbocycles. The van der Waals surface area contributed by atoms with Crippen LogP contribution in [0.4, 0.5) is 0 Å². The number of ether oxygens (including phenoxy) is 1. The Morgan fingerprint density at radius 2 is 1.45 bits per heavy atom. The number of aromatic nitrogens is 4. The van der Waals surface area contributed by atoms with Crippen LogP contribution in [0.3, 0.4) is 0 Å². The molecular formula is C24H27BrN4O4. The Balaban J connectivity index is 0.000000968. The lowest BCUT2D eigenvalue weighted by molar-refractivity contribution is 0.304. The Hall–Kier alpha value is -3.30. The monoisotopic (exact) mass is 514 g/mol. The van der Waals surface area contributed by atoms with E-state index in [0.717, 1.165) is 15.6 Å². The van der Waals surface area contributed by atoms with Gasteiger partial charge >= 0.3 is 0 Å². The molecule has 2 aromatic carbocycles. The van der Waals surface area contributed by atoms with E-state index < -0.39 is 5.92 Å². The Bertz CT molecular complexity index is 1250. The summed E-state index contributed by atoms with van der Waals surface area (Å²) in [4.78, 5) is 25.1. The summed E-state index contributed by atoms with van der Waals surface area (Å²) in [6, 6.07) is 15.5. The number of aromatic amines is 4. The molecule has 2 aromatic heterocycles. The average Bonchev–Trinajstić information content (AvgIpc) is 3.31. The fraction of sp³-hybridized carbons (Fsp3) is 0.250. The molecule has 0 saturated carbocycles. The third kappa shape index (κ3) is 5.55. The van der Waals surface area contributed by atoms with Gasteiger partial charge in [0.05, 0.1) is 15.6 Å². The topological polar surface area (TPSA) is 127 Å². The molecule has 4 aromatic rings. The Morgan fingerprint density at radius 3 is 1.91 bits per heavy atom. The highest BCUT2D eigenvalue weighted by Gasteiger charge is 2.28. The second-order valence-electron chi connectivity index (χ2n) is 7.45. The molecule has 0 radical (unpaired) electrons. The number of nitrogens with one attached hydrogen (secondary N) is 4. The second-order valence-corrected chi connectivity index (χ2v) is 8.30. The highest BCUT2D eigenvalue weighted by molar-refractivity contribution is 9.10. The highest BCUT2D eigenvalue weighted by Crippen LogP contribution is 2.35. The highest BCUT2D eigenvalue weighted by atomic mass is 79.9. The van der Waals surface area contributed by atoms with Crippen LogP contribution in [0, 0.1) is 13.8 Å². The molecule has 2 heterocycles. The standard InChI is InChI=1S/C22H21BrN4O3.C2H6O/c1-12-18(21(28)26-24-12)20(19-13(2)25-27-22(19)29)15-8-9-17(16(23)10-15)30-11-14-6-4-3-5-7-14;1-2-3/h3-10,20H,11H2,1-2H3,(H2,24,26,28)(H2,25,27,29);3H,2H2,1H3. The summed E-state index contributed by atoms with van der Waals surface area (Å²) < 4.78 is 6.68. The number of rotatable bonds is 6. The summed E-state index contributed by atoms with van der Waals surface area (Å²) in [5, 5.41) is 18.5. The number of benzene rings is 2. The van der Waals surface area contributed by atoms with E-state index in [1.54, 1.807) is 6.92 Å². The van der Waals surface area contributed by atoms with Crippen LogP contribution >= 0.6 is 15.9 Å². The van der Waals surface area contributed by atoms with Gasteiger partial charge in [0, 0.05) is 23.9 Å². The molecule has 9 heteroatoms. The molecule has 5 N–H and O–H groups in total. The van der Waals surface area contributed by atoms with Crippen molar-refractivity contribution in [3.8, 4) is 5.75 Å². The van der Waals surface area contributed by atoms with Gasteiger partial charge in [-0.1, -0.05) is 36.4 Å². The predicted octanol–water partition coefficient (Wildman–Crippen LogP) is 3.86. The summed E-state index contributed by atoms with van der Waals surface area (Å²) in [6.45, 7) is 5.99. The van der Waals surface area contributed by atoms with Crippen molar-refractivity contribution in [2.24, 2.45) is 0 Å². The summed E-state index contributed by atoms with van der Waals surface area (Å²) in [7, 11) is 0. The molecule has 0 bridgehead atoms. The molecule has 0 aliphatic heterocycles. The van der Waals surface area contributed by atoms with Gasteiger partial charge in [-0.15, -0.1) is 0 Å². The van der Waals surface area contributed by atoms with Crippen molar-refractivity contribution in [2.75, 3.05) is 6.61 Å². The van der Waals surface area contributed by atoms with Crippen LogP contribution < -0.4 is 15.9 Å². The number of hydrogen-bond acceptors (Lipinski definition) is 4. The van der Waals surface area contributed by atoms with Crippen molar-refractivity contribution in [1.29, 1.82) is 0 Å².